The van der Waals surface area contributed by atoms with Crippen molar-refractivity contribution in [1.29, 1.82) is 0 Å². The fraction of sp³-hybridized carbons (Fsp3) is 0.722. The molecule has 1 heterocycles. The number of hydrogen-bond donors (Lipinski definition) is 1. The minimum Gasteiger partial charge on any atom is -0.314 e. The summed E-state index contributed by atoms with van der Waals surface area (Å²) >= 11 is 0. The van der Waals surface area contributed by atoms with Crippen LogP contribution in [0.3, 0.4) is 0 Å². The van der Waals surface area contributed by atoms with E-state index in [1.54, 1.807) is 0 Å². The highest BCUT2D eigenvalue weighted by Crippen LogP contribution is 2.41. The normalized spacial score (nSPS) is 30.4. The number of nitrogens with zero attached hydrogens (tertiary/aromatic N) is 1. The molecule has 2 fully saturated rings. The van der Waals surface area contributed by atoms with E-state index in [0.717, 1.165) is 23.6 Å². The van der Waals surface area contributed by atoms with E-state index in [9.17, 15) is 0 Å². The molecule has 1 N–H and O–H groups in total. The maximum Gasteiger partial charge on any atom is 0.0372 e. The molecule has 0 bridgehead atoms. The molecule has 1 aromatic heterocycles. The summed E-state index contributed by atoms with van der Waals surface area (Å²) < 4.78 is 0. The Bertz CT molecular complexity index is 422. The van der Waals surface area contributed by atoms with Crippen LogP contribution in [-0.4, -0.2) is 17.6 Å². The third-order valence-corrected chi connectivity index (χ3v) is 5.29. The maximum absolute atomic E-state index is 4.53. The first-order chi connectivity index (χ1) is 9.76. The van der Waals surface area contributed by atoms with Crippen LogP contribution in [0.1, 0.15) is 62.6 Å². The Morgan fingerprint density at radius 3 is 2.70 bits per heavy atom. The molecule has 3 unspecified atom stereocenters. The van der Waals surface area contributed by atoms with E-state index in [1.807, 2.05) is 0 Å². The van der Waals surface area contributed by atoms with Crippen LogP contribution in [0.25, 0.3) is 0 Å². The lowest BCUT2D eigenvalue weighted by molar-refractivity contribution is 0.225. The first-order valence-corrected chi connectivity index (χ1v) is 8.42. The molecule has 0 aliphatic heterocycles. The molecule has 0 spiro atoms. The van der Waals surface area contributed by atoms with Crippen molar-refractivity contribution in [3.63, 3.8) is 0 Å². The van der Waals surface area contributed by atoms with Crippen molar-refractivity contribution >= 4 is 0 Å². The van der Waals surface area contributed by atoms with Gasteiger partial charge in [0.05, 0.1) is 0 Å². The van der Waals surface area contributed by atoms with Crippen LogP contribution in [-0.2, 0) is 0 Å². The van der Waals surface area contributed by atoms with E-state index < -0.39 is 0 Å². The van der Waals surface area contributed by atoms with Gasteiger partial charge in [-0.3, -0.25) is 4.98 Å². The van der Waals surface area contributed by atoms with Crippen molar-refractivity contribution in [2.45, 2.75) is 64.3 Å². The van der Waals surface area contributed by atoms with Crippen LogP contribution >= 0.6 is 0 Å². The van der Waals surface area contributed by atoms with E-state index in [-0.39, 0.29) is 0 Å². The molecule has 2 aliphatic carbocycles. The van der Waals surface area contributed by atoms with Crippen LogP contribution in [0.5, 0.6) is 0 Å². The number of rotatable bonds is 5. The molecule has 20 heavy (non-hydrogen) atoms. The quantitative estimate of drug-likeness (QED) is 0.874. The third kappa shape index (κ3) is 3.41. The number of aryl methyl sites for hydroxylation is 1. The lowest BCUT2D eigenvalue weighted by Crippen LogP contribution is -2.33. The van der Waals surface area contributed by atoms with Crippen molar-refractivity contribution in [3.05, 3.63) is 29.6 Å². The fourth-order valence-corrected chi connectivity index (χ4v) is 3.65. The molecule has 1 aromatic rings. The van der Waals surface area contributed by atoms with Gasteiger partial charge in [0.25, 0.3) is 0 Å². The van der Waals surface area contributed by atoms with E-state index in [4.69, 9.17) is 0 Å². The van der Waals surface area contributed by atoms with E-state index in [2.05, 4.69) is 42.5 Å². The first kappa shape index (κ1) is 14.1. The molecule has 2 aliphatic rings. The Kier molecular flexibility index (Phi) is 4.40. The van der Waals surface area contributed by atoms with Gasteiger partial charge in [0.15, 0.2) is 0 Å². The molecule has 3 rings (SSSR count). The molecule has 2 saturated carbocycles. The summed E-state index contributed by atoms with van der Waals surface area (Å²) in [5.41, 5.74) is 2.60. The lowest BCUT2D eigenvalue weighted by Gasteiger charge is -2.36. The van der Waals surface area contributed by atoms with Gasteiger partial charge in [-0.2, -0.15) is 0 Å². The van der Waals surface area contributed by atoms with Crippen molar-refractivity contribution < 1.29 is 0 Å². The average Bonchev–Trinajstić information content (AvgIpc) is 3.30. The summed E-state index contributed by atoms with van der Waals surface area (Å²) in [6.45, 7) is 5.63. The topological polar surface area (TPSA) is 24.9 Å². The standard InChI is InChI=1S/C18H28N2/c1-3-14-5-7-16(12-20-17-8-9-17)18(10-14)15-6-4-13(2)19-11-15/h4,6,11,14,16-18,20H,3,5,7-10,12H2,1-2H3. The fourth-order valence-electron chi connectivity index (χ4n) is 3.65. The highest BCUT2D eigenvalue weighted by atomic mass is 14.9. The second-order valence-corrected chi connectivity index (χ2v) is 6.87. The van der Waals surface area contributed by atoms with Gasteiger partial charge >= 0.3 is 0 Å². The van der Waals surface area contributed by atoms with Crippen LogP contribution in [0.2, 0.25) is 0 Å². The van der Waals surface area contributed by atoms with Crippen molar-refractivity contribution in [2.75, 3.05) is 6.54 Å². The lowest BCUT2D eigenvalue weighted by atomic mass is 9.70. The molecule has 110 valence electrons. The van der Waals surface area contributed by atoms with Crippen LogP contribution in [0, 0.1) is 18.8 Å². The number of aromatic nitrogens is 1. The molecular weight excluding hydrogens is 244 g/mol. The zero-order chi connectivity index (χ0) is 13.9. The van der Waals surface area contributed by atoms with Gasteiger partial charge in [0.2, 0.25) is 0 Å². The third-order valence-electron chi connectivity index (χ3n) is 5.29. The zero-order valence-electron chi connectivity index (χ0n) is 12.9. The van der Waals surface area contributed by atoms with E-state index >= 15 is 0 Å². The van der Waals surface area contributed by atoms with Crippen LogP contribution < -0.4 is 5.32 Å². The summed E-state index contributed by atoms with van der Waals surface area (Å²) in [6, 6.07) is 5.32. The Balaban J connectivity index is 1.70. The molecule has 0 radical (unpaired) electrons. The summed E-state index contributed by atoms with van der Waals surface area (Å²) in [5.74, 6) is 2.44. The molecule has 3 atom stereocenters. The number of nitrogens with one attached hydrogen (secondary N) is 1. The predicted molar refractivity (Wildman–Crippen MR) is 83.9 cm³/mol. The molecule has 0 saturated heterocycles. The molecular formula is C18H28N2. The Morgan fingerprint density at radius 1 is 1.20 bits per heavy atom. The predicted octanol–water partition coefficient (Wildman–Crippen LogP) is 4.05. The van der Waals surface area contributed by atoms with Gasteiger partial charge in [-0.15, -0.1) is 0 Å². The van der Waals surface area contributed by atoms with E-state index in [0.29, 0.717) is 5.92 Å². The molecule has 0 aromatic carbocycles. The second kappa shape index (κ2) is 6.26. The summed E-state index contributed by atoms with van der Waals surface area (Å²) in [6.07, 6.45) is 10.4. The van der Waals surface area contributed by atoms with Gasteiger partial charge in [0, 0.05) is 17.9 Å². The van der Waals surface area contributed by atoms with Gasteiger partial charge in [-0.1, -0.05) is 25.8 Å². The van der Waals surface area contributed by atoms with Gasteiger partial charge in [-0.05, 0) is 68.5 Å². The average molecular weight is 272 g/mol. The number of hydrogen-bond acceptors (Lipinski definition) is 2. The van der Waals surface area contributed by atoms with Crippen molar-refractivity contribution in [3.8, 4) is 0 Å². The maximum atomic E-state index is 4.53. The SMILES string of the molecule is CCC1CCC(CNC2CC2)C(c2ccc(C)nc2)C1. The van der Waals surface area contributed by atoms with E-state index in [1.165, 1.54) is 50.6 Å². The Hall–Kier alpha value is -0.890. The zero-order valence-corrected chi connectivity index (χ0v) is 12.9. The van der Waals surface area contributed by atoms with Gasteiger partial charge < -0.3 is 5.32 Å². The highest BCUT2D eigenvalue weighted by Gasteiger charge is 2.32. The van der Waals surface area contributed by atoms with Gasteiger partial charge in [-0.25, -0.2) is 0 Å². The van der Waals surface area contributed by atoms with Crippen LogP contribution in [0.15, 0.2) is 18.3 Å². The second-order valence-electron chi connectivity index (χ2n) is 6.87. The summed E-state index contributed by atoms with van der Waals surface area (Å²) in [5, 5.41) is 3.75. The largest absolute Gasteiger partial charge is 0.314 e. The van der Waals surface area contributed by atoms with Crippen LogP contribution in [0.4, 0.5) is 0 Å². The van der Waals surface area contributed by atoms with Crippen molar-refractivity contribution in [2.24, 2.45) is 11.8 Å². The monoisotopic (exact) mass is 272 g/mol. The Morgan fingerprint density at radius 2 is 2.05 bits per heavy atom. The first-order valence-electron chi connectivity index (χ1n) is 8.42. The molecule has 2 nitrogen and oxygen atoms in total. The van der Waals surface area contributed by atoms with Crippen molar-refractivity contribution in [1.82, 2.24) is 10.3 Å². The van der Waals surface area contributed by atoms with Gasteiger partial charge in [0.1, 0.15) is 0 Å². The smallest absolute Gasteiger partial charge is 0.0372 e. The molecule has 0 amide bonds. The summed E-state index contributed by atoms with van der Waals surface area (Å²) in [7, 11) is 0. The number of pyridine rings is 1. The minimum atomic E-state index is 0.716. The minimum absolute atomic E-state index is 0.716. The molecule has 2 heteroatoms. The summed E-state index contributed by atoms with van der Waals surface area (Å²) in [4.78, 5) is 4.53. The Labute approximate surface area is 123 Å². The highest BCUT2D eigenvalue weighted by molar-refractivity contribution is 5.20.